The molecule has 0 amide bonds. The van der Waals surface area contributed by atoms with Crippen molar-refractivity contribution >= 4 is 29.1 Å². The highest BCUT2D eigenvalue weighted by atomic mass is 35.5. The molecule has 0 bridgehead atoms. The van der Waals surface area contributed by atoms with Crippen LogP contribution < -0.4 is 11.1 Å². The van der Waals surface area contributed by atoms with Crippen LogP contribution in [0, 0.1) is 0 Å². The van der Waals surface area contributed by atoms with E-state index in [-0.39, 0.29) is 5.54 Å². The van der Waals surface area contributed by atoms with Gasteiger partial charge in [-0.3, -0.25) is 0 Å². The van der Waals surface area contributed by atoms with Gasteiger partial charge < -0.3 is 11.1 Å². The van der Waals surface area contributed by atoms with Crippen molar-refractivity contribution < 1.29 is 0 Å². The van der Waals surface area contributed by atoms with Gasteiger partial charge in [0.05, 0.1) is 5.54 Å². The summed E-state index contributed by atoms with van der Waals surface area (Å²) in [6, 6.07) is 7.77. The summed E-state index contributed by atoms with van der Waals surface area (Å²) in [5.41, 5.74) is 6.90. The molecule has 0 atom stereocenters. The van der Waals surface area contributed by atoms with Crippen molar-refractivity contribution in [3.8, 4) is 0 Å². The highest BCUT2D eigenvalue weighted by Gasteiger charge is 2.36. The topological polar surface area (TPSA) is 38.0 Å². The van der Waals surface area contributed by atoms with Crippen LogP contribution in [0.3, 0.4) is 0 Å². The molecular formula is C10H13ClN2S. The maximum absolute atomic E-state index is 5.90. The van der Waals surface area contributed by atoms with Crippen molar-refractivity contribution in [1.82, 2.24) is 0 Å². The molecule has 4 heteroatoms. The van der Waals surface area contributed by atoms with E-state index in [0.29, 0.717) is 6.54 Å². The fourth-order valence-electron chi connectivity index (χ4n) is 1.46. The molecule has 3 N–H and O–H groups in total. The van der Waals surface area contributed by atoms with Gasteiger partial charge in [-0.15, -0.1) is 0 Å². The molecule has 1 aromatic carbocycles. The van der Waals surface area contributed by atoms with E-state index < -0.39 is 0 Å². The van der Waals surface area contributed by atoms with Gasteiger partial charge in [-0.25, -0.2) is 0 Å². The Hall–Kier alpha value is -0.380. The van der Waals surface area contributed by atoms with Crippen molar-refractivity contribution in [2.45, 2.75) is 5.54 Å². The largest absolute Gasteiger partial charge is 0.377 e. The molecule has 0 spiro atoms. The number of hydrogen-bond acceptors (Lipinski definition) is 3. The van der Waals surface area contributed by atoms with Crippen LogP contribution in [0.15, 0.2) is 24.3 Å². The fourth-order valence-corrected chi connectivity index (χ4v) is 2.73. The lowest BCUT2D eigenvalue weighted by Crippen LogP contribution is -2.56. The maximum Gasteiger partial charge on any atom is 0.0675 e. The van der Waals surface area contributed by atoms with Crippen LogP contribution in [0.1, 0.15) is 0 Å². The van der Waals surface area contributed by atoms with Crippen LogP contribution in [0.5, 0.6) is 0 Å². The quantitative estimate of drug-likeness (QED) is 0.833. The lowest BCUT2D eigenvalue weighted by atomic mass is 10.0. The fraction of sp³-hybridized carbons (Fsp3) is 0.400. The van der Waals surface area contributed by atoms with E-state index >= 15 is 0 Å². The number of benzene rings is 1. The van der Waals surface area contributed by atoms with Crippen LogP contribution in [-0.2, 0) is 0 Å². The first-order chi connectivity index (χ1) is 6.74. The first-order valence-corrected chi connectivity index (χ1v) is 6.09. The SMILES string of the molecule is NCC1(Nc2cccc(Cl)c2)CSC1. The molecule has 1 fully saturated rings. The Labute approximate surface area is 93.2 Å². The zero-order valence-corrected chi connectivity index (χ0v) is 9.37. The first kappa shape index (κ1) is 10.1. The minimum atomic E-state index is 0.0926. The molecule has 0 aliphatic carbocycles. The predicted molar refractivity (Wildman–Crippen MR) is 64.2 cm³/mol. The Morgan fingerprint density at radius 1 is 1.50 bits per heavy atom. The number of halogens is 1. The molecule has 2 nitrogen and oxygen atoms in total. The lowest BCUT2D eigenvalue weighted by Gasteiger charge is -2.41. The lowest BCUT2D eigenvalue weighted by molar-refractivity contribution is 0.572. The molecular weight excluding hydrogens is 216 g/mol. The number of nitrogens with one attached hydrogen (secondary N) is 1. The van der Waals surface area contributed by atoms with E-state index in [2.05, 4.69) is 5.32 Å². The van der Waals surface area contributed by atoms with Gasteiger partial charge in [-0.05, 0) is 18.2 Å². The highest BCUT2D eigenvalue weighted by Crippen LogP contribution is 2.32. The molecule has 14 heavy (non-hydrogen) atoms. The summed E-state index contributed by atoms with van der Waals surface area (Å²) in [6.07, 6.45) is 0. The standard InChI is InChI=1S/C10H13ClN2S/c11-8-2-1-3-9(4-8)13-10(5-12)6-14-7-10/h1-4,13H,5-7,12H2. The molecule has 0 aromatic heterocycles. The summed E-state index contributed by atoms with van der Waals surface area (Å²) in [5, 5.41) is 4.21. The van der Waals surface area contributed by atoms with Gasteiger partial charge >= 0.3 is 0 Å². The molecule has 2 rings (SSSR count). The van der Waals surface area contributed by atoms with E-state index in [1.54, 1.807) is 0 Å². The zero-order valence-electron chi connectivity index (χ0n) is 7.79. The summed E-state index contributed by atoms with van der Waals surface area (Å²) in [7, 11) is 0. The molecule has 1 aromatic rings. The van der Waals surface area contributed by atoms with Crippen LogP contribution >= 0.6 is 23.4 Å². The van der Waals surface area contributed by atoms with Crippen LogP contribution in [-0.4, -0.2) is 23.6 Å². The second kappa shape index (κ2) is 4.01. The van der Waals surface area contributed by atoms with Gasteiger partial charge in [0, 0.05) is 28.8 Å². The van der Waals surface area contributed by atoms with Gasteiger partial charge in [0.2, 0.25) is 0 Å². The molecule has 1 heterocycles. The van der Waals surface area contributed by atoms with Gasteiger partial charge in [-0.2, -0.15) is 11.8 Å². The number of hydrogen-bond donors (Lipinski definition) is 2. The minimum Gasteiger partial charge on any atom is -0.377 e. The summed E-state index contributed by atoms with van der Waals surface area (Å²) >= 11 is 7.82. The van der Waals surface area contributed by atoms with Gasteiger partial charge in [0.1, 0.15) is 0 Å². The molecule has 1 aliphatic heterocycles. The molecule has 1 saturated heterocycles. The van der Waals surface area contributed by atoms with Gasteiger partial charge in [-0.1, -0.05) is 17.7 Å². The average Bonchev–Trinajstić information content (AvgIpc) is 2.11. The number of anilines is 1. The smallest absolute Gasteiger partial charge is 0.0675 e. The van der Waals surface area contributed by atoms with E-state index in [9.17, 15) is 0 Å². The van der Waals surface area contributed by atoms with Crippen LogP contribution in [0.4, 0.5) is 5.69 Å². The Bertz CT molecular complexity index is 320. The van der Waals surface area contributed by atoms with Crippen LogP contribution in [0.25, 0.3) is 0 Å². The van der Waals surface area contributed by atoms with Gasteiger partial charge in [0.15, 0.2) is 0 Å². The Balaban J connectivity index is 2.09. The van der Waals surface area contributed by atoms with Crippen molar-refractivity contribution in [2.24, 2.45) is 5.73 Å². The second-order valence-electron chi connectivity index (χ2n) is 3.61. The third-order valence-electron chi connectivity index (χ3n) is 2.38. The van der Waals surface area contributed by atoms with Crippen LogP contribution in [0.2, 0.25) is 5.02 Å². The normalized spacial score (nSPS) is 18.7. The molecule has 76 valence electrons. The summed E-state index contributed by atoms with van der Waals surface area (Å²) in [4.78, 5) is 0. The summed E-state index contributed by atoms with van der Waals surface area (Å²) in [5.74, 6) is 2.16. The Kier molecular flexibility index (Phi) is 2.91. The maximum atomic E-state index is 5.90. The Morgan fingerprint density at radius 3 is 2.79 bits per heavy atom. The number of nitrogens with two attached hydrogens (primary N) is 1. The van der Waals surface area contributed by atoms with E-state index in [0.717, 1.165) is 22.2 Å². The van der Waals surface area contributed by atoms with Crippen molar-refractivity contribution in [1.29, 1.82) is 0 Å². The van der Waals surface area contributed by atoms with Crippen molar-refractivity contribution in [2.75, 3.05) is 23.4 Å². The minimum absolute atomic E-state index is 0.0926. The van der Waals surface area contributed by atoms with Crippen molar-refractivity contribution in [3.05, 3.63) is 29.3 Å². The monoisotopic (exact) mass is 228 g/mol. The third-order valence-corrected chi connectivity index (χ3v) is 4.13. The average molecular weight is 229 g/mol. The number of rotatable bonds is 3. The number of thioether (sulfide) groups is 1. The molecule has 0 unspecified atom stereocenters. The van der Waals surface area contributed by atoms with Crippen molar-refractivity contribution in [3.63, 3.8) is 0 Å². The first-order valence-electron chi connectivity index (χ1n) is 4.56. The summed E-state index contributed by atoms with van der Waals surface area (Å²) in [6.45, 7) is 0.673. The Morgan fingerprint density at radius 2 is 2.29 bits per heavy atom. The molecule has 0 radical (unpaired) electrons. The van der Waals surface area contributed by atoms with E-state index in [1.165, 1.54) is 0 Å². The molecule has 0 saturated carbocycles. The van der Waals surface area contributed by atoms with Gasteiger partial charge in [0.25, 0.3) is 0 Å². The second-order valence-corrected chi connectivity index (χ2v) is 5.03. The predicted octanol–water partition coefficient (Wildman–Crippen LogP) is 2.20. The third kappa shape index (κ3) is 2.00. The highest BCUT2D eigenvalue weighted by molar-refractivity contribution is 8.00. The zero-order chi connectivity index (χ0) is 10.0. The molecule has 1 aliphatic rings. The van der Waals surface area contributed by atoms with E-state index in [4.69, 9.17) is 17.3 Å². The summed E-state index contributed by atoms with van der Waals surface area (Å²) < 4.78 is 0. The van der Waals surface area contributed by atoms with E-state index in [1.807, 2.05) is 36.0 Å².